The van der Waals surface area contributed by atoms with Gasteiger partial charge in [0.25, 0.3) is 0 Å². The summed E-state index contributed by atoms with van der Waals surface area (Å²) in [6.45, 7) is 0. The van der Waals surface area contributed by atoms with Gasteiger partial charge in [-0.1, -0.05) is 0 Å². The Balaban J connectivity index is 2.50. The van der Waals surface area contributed by atoms with Crippen LogP contribution in [-0.4, -0.2) is 22.3 Å². The smallest absolute Gasteiger partial charge is 0.345 e. The molecule has 0 fully saturated rings. The van der Waals surface area contributed by atoms with Crippen molar-refractivity contribution in [2.24, 2.45) is 0 Å². The van der Waals surface area contributed by atoms with Gasteiger partial charge in [-0.05, 0) is 24.3 Å². The summed E-state index contributed by atoms with van der Waals surface area (Å²) in [6.07, 6.45) is 2.28. The number of nitrogens with zero attached hydrogens (tertiary/aromatic N) is 1. The molecule has 0 saturated heterocycles. The first-order valence-corrected chi connectivity index (χ1v) is 5.27. The molecule has 0 amide bonds. The molecular formula is C11H7NO3S. The summed E-state index contributed by atoms with van der Waals surface area (Å²) >= 11 is 1.10. The predicted octanol–water partition coefficient (Wildman–Crippen LogP) is 2.32. The number of carbonyl (C=O) groups excluding carboxylic acids is 1. The maximum Gasteiger partial charge on any atom is 0.345 e. The second kappa shape index (κ2) is 4.24. The Morgan fingerprint density at radius 1 is 1.38 bits per heavy atom. The monoisotopic (exact) mass is 233 g/mol. The lowest BCUT2D eigenvalue weighted by atomic mass is 10.2. The summed E-state index contributed by atoms with van der Waals surface area (Å²) in [4.78, 5) is 26.5. The van der Waals surface area contributed by atoms with E-state index in [0.29, 0.717) is 22.4 Å². The van der Waals surface area contributed by atoms with Gasteiger partial charge in [-0.2, -0.15) is 0 Å². The number of rotatable bonds is 3. The Hall–Kier alpha value is -2.01. The number of hydrogen-bond donors (Lipinski definition) is 1. The van der Waals surface area contributed by atoms with Gasteiger partial charge in [0.1, 0.15) is 4.88 Å². The number of carboxylic acid groups (broad SMARTS) is 1. The SMILES string of the molecule is O=Cc1cccnc1-c1ccc(C(=O)O)s1. The van der Waals surface area contributed by atoms with Crippen LogP contribution in [0.25, 0.3) is 10.6 Å². The first kappa shape index (κ1) is 10.5. The number of aromatic carboxylic acids is 1. The van der Waals surface area contributed by atoms with E-state index in [2.05, 4.69) is 4.98 Å². The Bertz CT molecular complexity index is 548. The number of aromatic nitrogens is 1. The molecule has 0 aliphatic carbocycles. The maximum absolute atomic E-state index is 10.8. The molecule has 16 heavy (non-hydrogen) atoms. The minimum absolute atomic E-state index is 0.234. The van der Waals surface area contributed by atoms with Gasteiger partial charge in [0.2, 0.25) is 0 Å². The summed E-state index contributed by atoms with van der Waals surface area (Å²) in [6, 6.07) is 6.48. The molecule has 2 rings (SSSR count). The topological polar surface area (TPSA) is 67.3 Å². The van der Waals surface area contributed by atoms with Crippen molar-refractivity contribution in [3.8, 4) is 10.6 Å². The van der Waals surface area contributed by atoms with E-state index in [1.807, 2.05) is 0 Å². The van der Waals surface area contributed by atoms with Crippen molar-refractivity contribution in [2.75, 3.05) is 0 Å². The van der Waals surface area contributed by atoms with E-state index in [-0.39, 0.29) is 4.88 Å². The van der Waals surface area contributed by atoms with E-state index in [9.17, 15) is 9.59 Å². The molecule has 1 N–H and O–H groups in total. The lowest BCUT2D eigenvalue weighted by Crippen LogP contribution is -1.90. The standard InChI is InChI=1S/C11H7NO3S/c13-6-7-2-1-5-12-10(7)8-3-4-9(16-8)11(14)15/h1-6H,(H,14,15). The molecule has 0 bridgehead atoms. The van der Waals surface area contributed by atoms with Crippen molar-refractivity contribution in [3.63, 3.8) is 0 Å². The molecule has 0 aliphatic rings. The van der Waals surface area contributed by atoms with Gasteiger partial charge >= 0.3 is 5.97 Å². The highest BCUT2D eigenvalue weighted by Gasteiger charge is 2.11. The van der Waals surface area contributed by atoms with Crippen molar-refractivity contribution >= 4 is 23.6 Å². The predicted molar refractivity (Wildman–Crippen MR) is 59.9 cm³/mol. The van der Waals surface area contributed by atoms with E-state index in [1.54, 1.807) is 24.4 Å². The summed E-state index contributed by atoms with van der Waals surface area (Å²) in [5.41, 5.74) is 0.983. The number of carbonyl (C=O) groups is 2. The largest absolute Gasteiger partial charge is 0.477 e. The fraction of sp³-hybridized carbons (Fsp3) is 0. The Morgan fingerprint density at radius 3 is 2.81 bits per heavy atom. The van der Waals surface area contributed by atoms with E-state index in [1.165, 1.54) is 6.07 Å². The molecular weight excluding hydrogens is 226 g/mol. The molecule has 2 aromatic heterocycles. The molecule has 0 aromatic carbocycles. The molecule has 2 heterocycles. The van der Waals surface area contributed by atoms with Crippen molar-refractivity contribution in [1.29, 1.82) is 0 Å². The molecule has 0 saturated carbocycles. The van der Waals surface area contributed by atoms with Gasteiger partial charge in [-0.3, -0.25) is 9.78 Å². The zero-order valence-corrected chi connectivity index (χ0v) is 8.90. The number of carboxylic acids is 1. The molecule has 0 unspecified atom stereocenters. The highest BCUT2D eigenvalue weighted by molar-refractivity contribution is 7.17. The molecule has 0 aliphatic heterocycles. The van der Waals surface area contributed by atoms with Crippen LogP contribution >= 0.6 is 11.3 Å². The number of hydrogen-bond acceptors (Lipinski definition) is 4. The first-order chi connectivity index (χ1) is 7.72. The number of pyridine rings is 1. The Kier molecular flexibility index (Phi) is 2.78. The normalized spacial score (nSPS) is 10.0. The summed E-state index contributed by atoms with van der Waals surface area (Å²) in [5.74, 6) is -0.972. The lowest BCUT2D eigenvalue weighted by Gasteiger charge is -1.98. The molecule has 0 atom stereocenters. The number of aldehydes is 1. The molecule has 80 valence electrons. The van der Waals surface area contributed by atoms with Crippen LogP contribution in [0.2, 0.25) is 0 Å². The molecule has 0 spiro atoms. The second-order valence-corrected chi connectivity index (χ2v) is 4.11. The third-order valence-electron chi connectivity index (χ3n) is 2.02. The quantitative estimate of drug-likeness (QED) is 0.826. The summed E-state index contributed by atoms with van der Waals surface area (Å²) in [7, 11) is 0. The maximum atomic E-state index is 10.8. The average molecular weight is 233 g/mol. The van der Waals surface area contributed by atoms with Crippen molar-refractivity contribution in [3.05, 3.63) is 40.9 Å². The van der Waals surface area contributed by atoms with Crippen molar-refractivity contribution < 1.29 is 14.7 Å². The van der Waals surface area contributed by atoms with Crippen LogP contribution in [0, 0.1) is 0 Å². The van der Waals surface area contributed by atoms with Gasteiger partial charge in [0, 0.05) is 11.8 Å². The summed E-state index contributed by atoms with van der Waals surface area (Å²) in [5, 5.41) is 8.79. The lowest BCUT2D eigenvalue weighted by molar-refractivity contribution is 0.0702. The minimum atomic E-state index is -0.972. The third-order valence-corrected chi connectivity index (χ3v) is 3.10. The van der Waals surface area contributed by atoms with Gasteiger partial charge in [-0.15, -0.1) is 11.3 Å². The zero-order valence-electron chi connectivity index (χ0n) is 8.08. The highest BCUT2D eigenvalue weighted by atomic mass is 32.1. The highest BCUT2D eigenvalue weighted by Crippen LogP contribution is 2.28. The van der Waals surface area contributed by atoms with E-state index < -0.39 is 5.97 Å². The molecule has 4 nitrogen and oxygen atoms in total. The Morgan fingerprint density at radius 2 is 2.19 bits per heavy atom. The van der Waals surface area contributed by atoms with Gasteiger partial charge < -0.3 is 5.11 Å². The Labute approximate surface area is 95.2 Å². The number of thiophene rings is 1. The fourth-order valence-electron chi connectivity index (χ4n) is 1.30. The van der Waals surface area contributed by atoms with Crippen LogP contribution in [0.3, 0.4) is 0 Å². The van der Waals surface area contributed by atoms with Crippen molar-refractivity contribution in [2.45, 2.75) is 0 Å². The van der Waals surface area contributed by atoms with Crippen LogP contribution in [-0.2, 0) is 0 Å². The van der Waals surface area contributed by atoms with E-state index >= 15 is 0 Å². The van der Waals surface area contributed by atoms with Crippen molar-refractivity contribution in [1.82, 2.24) is 4.98 Å². The van der Waals surface area contributed by atoms with Crippen LogP contribution in [0.1, 0.15) is 20.0 Å². The van der Waals surface area contributed by atoms with E-state index in [0.717, 1.165) is 11.3 Å². The van der Waals surface area contributed by atoms with Crippen LogP contribution < -0.4 is 0 Å². The van der Waals surface area contributed by atoms with Crippen LogP contribution in [0.4, 0.5) is 0 Å². The molecule has 0 radical (unpaired) electrons. The van der Waals surface area contributed by atoms with Gasteiger partial charge in [0.05, 0.1) is 10.6 Å². The van der Waals surface area contributed by atoms with Crippen LogP contribution in [0.15, 0.2) is 30.5 Å². The molecule has 5 heteroatoms. The van der Waals surface area contributed by atoms with E-state index in [4.69, 9.17) is 5.11 Å². The average Bonchev–Trinajstić information content (AvgIpc) is 2.78. The minimum Gasteiger partial charge on any atom is -0.477 e. The summed E-state index contributed by atoms with van der Waals surface area (Å²) < 4.78 is 0. The fourth-order valence-corrected chi connectivity index (χ4v) is 2.16. The first-order valence-electron chi connectivity index (χ1n) is 4.46. The van der Waals surface area contributed by atoms with Crippen LogP contribution in [0.5, 0.6) is 0 Å². The zero-order chi connectivity index (χ0) is 11.5. The van der Waals surface area contributed by atoms with Gasteiger partial charge in [-0.25, -0.2) is 4.79 Å². The van der Waals surface area contributed by atoms with Gasteiger partial charge in [0.15, 0.2) is 6.29 Å². The second-order valence-electron chi connectivity index (χ2n) is 3.03. The molecule has 2 aromatic rings. The third kappa shape index (κ3) is 1.85.